The maximum atomic E-state index is 11.5. The molecule has 0 aliphatic rings. The summed E-state index contributed by atoms with van der Waals surface area (Å²) in [6.07, 6.45) is 0.332. The fourth-order valence-electron chi connectivity index (χ4n) is 2.58. The number of benzene rings is 1. The van der Waals surface area contributed by atoms with E-state index < -0.39 is 11.9 Å². The Labute approximate surface area is 165 Å². The molecule has 7 heteroatoms. The standard InChI is InChI=1S/C21H28N2O5/c1-6-27-23-14(4)18(21(24)25)11-16-7-9-17(10-8-16)26-12-19-15(5)28-20(22-19)13(2)3/h7-10,13,18H,6,11-12H2,1-5H3,(H,24,25)/b23-14-. The molecule has 0 saturated heterocycles. The fourth-order valence-corrected chi connectivity index (χ4v) is 2.58. The van der Waals surface area contributed by atoms with Crippen molar-refractivity contribution in [3.05, 3.63) is 47.2 Å². The second-order valence-corrected chi connectivity index (χ2v) is 6.89. The number of aromatic nitrogens is 1. The summed E-state index contributed by atoms with van der Waals surface area (Å²) in [4.78, 5) is 21.0. The van der Waals surface area contributed by atoms with Gasteiger partial charge in [-0.05, 0) is 44.9 Å². The highest BCUT2D eigenvalue weighted by molar-refractivity contribution is 6.00. The lowest BCUT2D eigenvalue weighted by Crippen LogP contribution is -2.24. The SMILES string of the molecule is CCO/N=C(/C)C(Cc1ccc(OCc2nc(C(C)C)oc2C)cc1)C(=O)O. The van der Waals surface area contributed by atoms with E-state index in [9.17, 15) is 9.90 Å². The molecule has 0 aliphatic carbocycles. The number of ether oxygens (including phenoxy) is 1. The van der Waals surface area contributed by atoms with Crippen molar-refractivity contribution in [2.45, 2.75) is 53.6 Å². The van der Waals surface area contributed by atoms with E-state index in [1.807, 2.05) is 45.0 Å². The minimum Gasteiger partial charge on any atom is -0.487 e. The zero-order chi connectivity index (χ0) is 20.7. The zero-order valence-corrected chi connectivity index (χ0v) is 17.1. The Hall–Kier alpha value is -2.83. The van der Waals surface area contributed by atoms with Gasteiger partial charge in [0.25, 0.3) is 0 Å². The highest BCUT2D eigenvalue weighted by atomic mass is 16.6. The van der Waals surface area contributed by atoms with Crippen molar-refractivity contribution in [1.82, 2.24) is 4.98 Å². The predicted molar refractivity (Wildman–Crippen MR) is 106 cm³/mol. The van der Waals surface area contributed by atoms with Gasteiger partial charge in [-0.3, -0.25) is 4.79 Å². The molecule has 0 fully saturated rings. The molecule has 2 aromatic rings. The number of rotatable bonds is 10. The number of carboxylic acid groups (broad SMARTS) is 1. The third-order valence-corrected chi connectivity index (χ3v) is 4.28. The van der Waals surface area contributed by atoms with Gasteiger partial charge in [-0.15, -0.1) is 0 Å². The molecule has 1 unspecified atom stereocenters. The Kier molecular flexibility index (Phi) is 7.61. The molecular weight excluding hydrogens is 360 g/mol. The summed E-state index contributed by atoms with van der Waals surface area (Å²) in [5.41, 5.74) is 2.10. The molecule has 1 N–H and O–H groups in total. The predicted octanol–water partition coefficient (Wildman–Crippen LogP) is 4.34. The van der Waals surface area contributed by atoms with E-state index in [-0.39, 0.29) is 5.92 Å². The maximum Gasteiger partial charge on any atom is 0.312 e. The molecule has 0 amide bonds. The van der Waals surface area contributed by atoms with Gasteiger partial charge in [0, 0.05) is 5.92 Å². The maximum absolute atomic E-state index is 11.5. The van der Waals surface area contributed by atoms with E-state index in [4.69, 9.17) is 14.0 Å². The molecule has 0 bridgehead atoms. The molecule has 0 radical (unpaired) electrons. The van der Waals surface area contributed by atoms with Gasteiger partial charge in [0.05, 0.1) is 5.71 Å². The first-order valence-corrected chi connectivity index (χ1v) is 9.39. The Morgan fingerprint density at radius 1 is 1.29 bits per heavy atom. The molecular formula is C21H28N2O5. The first-order chi connectivity index (χ1) is 13.3. The molecule has 0 aliphatic heterocycles. The molecule has 1 atom stereocenters. The number of aryl methyl sites for hydroxylation is 1. The van der Waals surface area contributed by atoms with Crippen LogP contribution in [0.5, 0.6) is 5.75 Å². The van der Waals surface area contributed by atoms with Gasteiger partial charge < -0.3 is 19.1 Å². The number of carboxylic acids is 1. The quantitative estimate of drug-likeness (QED) is 0.481. The largest absolute Gasteiger partial charge is 0.487 e. The number of oxazole rings is 1. The summed E-state index contributed by atoms with van der Waals surface area (Å²) in [6.45, 7) is 10.1. The molecule has 152 valence electrons. The van der Waals surface area contributed by atoms with E-state index in [0.29, 0.717) is 37.0 Å². The van der Waals surface area contributed by atoms with Crippen LogP contribution in [0.4, 0.5) is 0 Å². The van der Waals surface area contributed by atoms with Gasteiger partial charge in [0.1, 0.15) is 36.3 Å². The Morgan fingerprint density at radius 2 is 1.96 bits per heavy atom. The topological polar surface area (TPSA) is 94.2 Å². The van der Waals surface area contributed by atoms with Gasteiger partial charge >= 0.3 is 5.97 Å². The molecule has 2 rings (SSSR count). The van der Waals surface area contributed by atoms with Crippen molar-refractivity contribution >= 4 is 11.7 Å². The van der Waals surface area contributed by atoms with Gasteiger partial charge in [0.2, 0.25) is 0 Å². The van der Waals surface area contributed by atoms with E-state index in [0.717, 1.165) is 17.0 Å². The van der Waals surface area contributed by atoms with Gasteiger partial charge in [-0.1, -0.05) is 31.1 Å². The molecule has 0 spiro atoms. The Bertz CT molecular complexity index is 809. The molecule has 0 saturated carbocycles. The third kappa shape index (κ3) is 5.84. The zero-order valence-electron chi connectivity index (χ0n) is 17.1. The molecule has 1 aromatic carbocycles. The van der Waals surface area contributed by atoms with Crippen molar-refractivity contribution in [2.24, 2.45) is 11.1 Å². The lowest BCUT2D eigenvalue weighted by atomic mass is 9.95. The van der Waals surface area contributed by atoms with Crippen molar-refractivity contribution in [1.29, 1.82) is 0 Å². The van der Waals surface area contributed by atoms with Crippen molar-refractivity contribution < 1.29 is 23.9 Å². The van der Waals surface area contributed by atoms with Crippen molar-refractivity contribution in [2.75, 3.05) is 6.61 Å². The average Bonchev–Trinajstić information content (AvgIpc) is 3.04. The summed E-state index contributed by atoms with van der Waals surface area (Å²) in [7, 11) is 0. The average molecular weight is 388 g/mol. The van der Waals surface area contributed by atoms with Gasteiger partial charge in [0.15, 0.2) is 5.89 Å². The van der Waals surface area contributed by atoms with Crippen LogP contribution >= 0.6 is 0 Å². The van der Waals surface area contributed by atoms with Crippen LogP contribution in [0.3, 0.4) is 0 Å². The van der Waals surface area contributed by atoms with Crippen LogP contribution in [0.1, 0.15) is 56.5 Å². The van der Waals surface area contributed by atoms with E-state index in [2.05, 4.69) is 10.1 Å². The Morgan fingerprint density at radius 3 is 2.50 bits per heavy atom. The number of hydrogen-bond donors (Lipinski definition) is 1. The van der Waals surface area contributed by atoms with Gasteiger partial charge in [-0.2, -0.15) is 0 Å². The smallest absolute Gasteiger partial charge is 0.312 e. The van der Waals surface area contributed by atoms with E-state index in [1.54, 1.807) is 13.8 Å². The number of oxime groups is 1. The highest BCUT2D eigenvalue weighted by Gasteiger charge is 2.22. The molecule has 1 heterocycles. The van der Waals surface area contributed by atoms with Crippen LogP contribution in [0.2, 0.25) is 0 Å². The van der Waals surface area contributed by atoms with Crippen LogP contribution in [0.25, 0.3) is 0 Å². The van der Waals surface area contributed by atoms with Crippen LogP contribution in [0.15, 0.2) is 33.8 Å². The highest BCUT2D eigenvalue weighted by Crippen LogP contribution is 2.21. The third-order valence-electron chi connectivity index (χ3n) is 4.28. The fraction of sp³-hybridized carbons (Fsp3) is 0.476. The van der Waals surface area contributed by atoms with E-state index in [1.165, 1.54) is 0 Å². The number of nitrogens with zero attached hydrogens (tertiary/aromatic N) is 2. The van der Waals surface area contributed by atoms with Crippen LogP contribution < -0.4 is 4.74 Å². The monoisotopic (exact) mass is 388 g/mol. The second-order valence-electron chi connectivity index (χ2n) is 6.89. The minimum atomic E-state index is -0.927. The first kappa shape index (κ1) is 21.5. The van der Waals surface area contributed by atoms with Crippen molar-refractivity contribution in [3.8, 4) is 5.75 Å². The van der Waals surface area contributed by atoms with Crippen LogP contribution in [0, 0.1) is 12.8 Å². The molecule has 28 heavy (non-hydrogen) atoms. The Balaban J connectivity index is 1.99. The van der Waals surface area contributed by atoms with Crippen LogP contribution in [-0.4, -0.2) is 28.4 Å². The second kappa shape index (κ2) is 9.92. The summed E-state index contributed by atoms with van der Waals surface area (Å²) in [5.74, 6) is 0.714. The lowest BCUT2D eigenvalue weighted by Gasteiger charge is -2.12. The van der Waals surface area contributed by atoms with Crippen LogP contribution in [-0.2, 0) is 22.7 Å². The van der Waals surface area contributed by atoms with Crippen molar-refractivity contribution in [3.63, 3.8) is 0 Å². The number of carbonyl (C=O) groups is 1. The number of aliphatic carboxylic acids is 1. The van der Waals surface area contributed by atoms with E-state index >= 15 is 0 Å². The summed E-state index contributed by atoms with van der Waals surface area (Å²) in [6, 6.07) is 7.35. The molecule has 1 aromatic heterocycles. The van der Waals surface area contributed by atoms with Gasteiger partial charge in [-0.25, -0.2) is 4.98 Å². The summed E-state index contributed by atoms with van der Waals surface area (Å²) in [5, 5.41) is 13.3. The number of hydrogen-bond acceptors (Lipinski definition) is 6. The first-order valence-electron chi connectivity index (χ1n) is 9.39. The summed E-state index contributed by atoms with van der Waals surface area (Å²) >= 11 is 0. The normalized spacial score (nSPS) is 12.9. The summed E-state index contributed by atoms with van der Waals surface area (Å²) < 4.78 is 11.4. The lowest BCUT2D eigenvalue weighted by molar-refractivity contribution is -0.139. The minimum absolute atomic E-state index is 0.226. The molecule has 7 nitrogen and oxygen atoms in total.